The number of ether oxygens (including phenoxy) is 1. The van der Waals surface area contributed by atoms with Crippen LogP contribution in [-0.4, -0.2) is 67.7 Å². The Hall–Kier alpha value is -0.630. The SMILES string of the molecule is Cl.Cl.O=C(C1CNCCO1)N1CCN(Cc2c(F)cccc2Cl)CC1. The average Bonchev–Trinajstić information content (AvgIpc) is 2.59. The fourth-order valence-corrected chi connectivity index (χ4v) is 3.18. The Morgan fingerprint density at radius 2 is 2.00 bits per heavy atom. The van der Waals surface area contributed by atoms with Gasteiger partial charge in [0.05, 0.1) is 6.61 Å². The van der Waals surface area contributed by atoms with Gasteiger partial charge in [0, 0.05) is 56.4 Å². The Labute approximate surface area is 164 Å². The van der Waals surface area contributed by atoms with Crippen LogP contribution in [0.5, 0.6) is 0 Å². The summed E-state index contributed by atoms with van der Waals surface area (Å²) in [5.41, 5.74) is 0.522. The molecule has 9 heteroatoms. The highest BCUT2D eigenvalue weighted by atomic mass is 35.5. The topological polar surface area (TPSA) is 44.8 Å². The number of nitrogens with zero attached hydrogens (tertiary/aromatic N) is 2. The lowest BCUT2D eigenvalue weighted by Gasteiger charge is -2.37. The number of hydrogen-bond donors (Lipinski definition) is 1. The van der Waals surface area contributed by atoms with Crippen molar-refractivity contribution in [3.63, 3.8) is 0 Å². The van der Waals surface area contributed by atoms with Crippen LogP contribution in [0.2, 0.25) is 5.02 Å². The summed E-state index contributed by atoms with van der Waals surface area (Å²) in [6, 6.07) is 4.73. The number of nitrogens with one attached hydrogen (secondary N) is 1. The molecule has 2 fully saturated rings. The number of amides is 1. The molecule has 1 unspecified atom stereocenters. The van der Waals surface area contributed by atoms with Crippen molar-refractivity contribution in [3.8, 4) is 0 Å². The number of benzene rings is 1. The first-order valence-corrected chi connectivity index (χ1v) is 8.29. The predicted molar refractivity (Wildman–Crippen MR) is 100 cm³/mol. The second-order valence-electron chi connectivity index (χ2n) is 5.87. The minimum atomic E-state index is -0.378. The second kappa shape index (κ2) is 10.5. The molecule has 1 amide bonds. The summed E-state index contributed by atoms with van der Waals surface area (Å²) < 4.78 is 19.4. The molecule has 1 aromatic rings. The minimum Gasteiger partial charge on any atom is -0.366 e. The van der Waals surface area contributed by atoms with E-state index in [1.807, 2.05) is 4.90 Å². The predicted octanol–water partition coefficient (Wildman–Crippen LogP) is 1.96. The number of rotatable bonds is 3. The highest BCUT2D eigenvalue weighted by Crippen LogP contribution is 2.21. The Morgan fingerprint density at radius 1 is 1.28 bits per heavy atom. The molecule has 0 spiro atoms. The van der Waals surface area contributed by atoms with E-state index in [1.165, 1.54) is 6.07 Å². The maximum absolute atomic E-state index is 13.9. The van der Waals surface area contributed by atoms with Gasteiger partial charge in [0.2, 0.25) is 0 Å². The lowest BCUT2D eigenvalue weighted by atomic mass is 10.1. The van der Waals surface area contributed by atoms with E-state index in [0.29, 0.717) is 56.5 Å². The molecule has 1 aromatic carbocycles. The fourth-order valence-electron chi connectivity index (χ4n) is 2.96. The van der Waals surface area contributed by atoms with Crippen molar-refractivity contribution < 1.29 is 13.9 Å². The van der Waals surface area contributed by atoms with Crippen LogP contribution in [0.4, 0.5) is 4.39 Å². The molecule has 2 heterocycles. The zero-order chi connectivity index (χ0) is 16.2. The van der Waals surface area contributed by atoms with Crippen molar-refractivity contribution in [2.45, 2.75) is 12.6 Å². The molecular formula is C16H23Cl3FN3O2. The van der Waals surface area contributed by atoms with E-state index < -0.39 is 0 Å². The van der Waals surface area contributed by atoms with Gasteiger partial charge in [0.15, 0.2) is 0 Å². The molecule has 0 aliphatic carbocycles. The number of hydrogen-bond acceptors (Lipinski definition) is 4. The molecule has 3 rings (SSSR count). The molecule has 2 aliphatic rings. The molecule has 0 radical (unpaired) electrons. The largest absolute Gasteiger partial charge is 0.366 e. The van der Waals surface area contributed by atoms with Crippen LogP contribution in [0.25, 0.3) is 0 Å². The average molecular weight is 415 g/mol. The fraction of sp³-hybridized carbons (Fsp3) is 0.562. The molecule has 0 bridgehead atoms. The Morgan fingerprint density at radius 3 is 2.60 bits per heavy atom. The third kappa shape index (κ3) is 5.67. The van der Waals surface area contributed by atoms with Gasteiger partial charge in [0.25, 0.3) is 5.91 Å². The number of morpholine rings is 1. The van der Waals surface area contributed by atoms with Crippen LogP contribution >= 0.6 is 36.4 Å². The first-order chi connectivity index (χ1) is 11.1. The van der Waals surface area contributed by atoms with Crippen molar-refractivity contribution in [1.29, 1.82) is 0 Å². The standard InChI is InChI=1S/C16H21ClFN3O2.2ClH/c17-13-2-1-3-14(18)12(13)11-20-5-7-21(8-6-20)16(22)15-10-19-4-9-23-15;;/h1-3,15,19H,4-11H2;2*1H. The van der Waals surface area contributed by atoms with E-state index in [-0.39, 0.29) is 42.6 Å². The number of piperazine rings is 1. The maximum Gasteiger partial charge on any atom is 0.253 e. The first kappa shape index (κ1) is 22.4. The van der Waals surface area contributed by atoms with Gasteiger partial charge in [-0.15, -0.1) is 24.8 Å². The summed E-state index contributed by atoms with van der Waals surface area (Å²) in [7, 11) is 0. The van der Waals surface area contributed by atoms with Gasteiger partial charge in [-0.2, -0.15) is 0 Å². The molecule has 1 N–H and O–H groups in total. The number of carbonyl (C=O) groups excluding carboxylic acids is 1. The lowest BCUT2D eigenvalue weighted by Crippen LogP contribution is -2.54. The highest BCUT2D eigenvalue weighted by molar-refractivity contribution is 6.31. The highest BCUT2D eigenvalue weighted by Gasteiger charge is 2.29. The van der Waals surface area contributed by atoms with E-state index in [4.69, 9.17) is 16.3 Å². The van der Waals surface area contributed by atoms with Crippen molar-refractivity contribution in [3.05, 3.63) is 34.6 Å². The Kier molecular flexibility index (Phi) is 9.41. The zero-order valence-corrected chi connectivity index (χ0v) is 16.1. The minimum absolute atomic E-state index is 0. The van der Waals surface area contributed by atoms with E-state index >= 15 is 0 Å². The maximum atomic E-state index is 13.9. The molecular weight excluding hydrogens is 392 g/mol. The van der Waals surface area contributed by atoms with Crippen LogP contribution in [0.3, 0.4) is 0 Å². The van der Waals surface area contributed by atoms with Gasteiger partial charge in [-0.05, 0) is 12.1 Å². The van der Waals surface area contributed by atoms with E-state index in [2.05, 4.69) is 10.2 Å². The van der Waals surface area contributed by atoms with Crippen LogP contribution in [0.1, 0.15) is 5.56 Å². The molecule has 0 saturated carbocycles. The molecule has 25 heavy (non-hydrogen) atoms. The van der Waals surface area contributed by atoms with Gasteiger partial charge in [-0.3, -0.25) is 9.69 Å². The quantitative estimate of drug-likeness (QED) is 0.821. The summed E-state index contributed by atoms with van der Waals surface area (Å²) in [4.78, 5) is 16.3. The van der Waals surface area contributed by atoms with E-state index in [0.717, 1.165) is 6.54 Å². The molecule has 5 nitrogen and oxygen atoms in total. The van der Waals surface area contributed by atoms with E-state index in [9.17, 15) is 9.18 Å². The summed E-state index contributed by atoms with van der Waals surface area (Å²) in [5, 5.41) is 3.62. The Balaban J connectivity index is 0.00000156. The molecule has 1 atom stereocenters. The summed E-state index contributed by atoms with van der Waals surface area (Å²) in [6.45, 7) is 5.07. The molecule has 0 aromatic heterocycles. The lowest BCUT2D eigenvalue weighted by molar-refractivity contribution is -0.147. The van der Waals surface area contributed by atoms with Crippen LogP contribution < -0.4 is 5.32 Å². The number of halogens is 4. The molecule has 142 valence electrons. The molecule has 2 aliphatic heterocycles. The van der Waals surface area contributed by atoms with Crippen molar-refractivity contribution >= 4 is 42.3 Å². The first-order valence-electron chi connectivity index (χ1n) is 7.91. The van der Waals surface area contributed by atoms with Gasteiger partial charge in [-0.1, -0.05) is 17.7 Å². The smallest absolute Gasteiger partial charge is 0.253 e. The summed E-state index contributed by atoms with van der Waals surface area (Å²) in [5.74, 6) is -0.238. The normalized spacial score (nSPS) is 21.2. The van der Waals surface area contributed by atoms with Crippen molar-refractivity contribution in [2.24, 2.45) is 0 Å². The monoisotopic (exact) mass is 413 g/mol. The van der Waals surface area contributed by atoms with Crippen LogP contribution in [0.15, 0.2) is 18.2 Å². The second-order valence-corrected chi connectivity index (χ2v) is 6.27. The van der Waals surface area contributed by atoms with Gasteiger partial charge < -0.3 is 15.0 Å². The summed E-state index contributed by atoms with van der Waals surface area (Å²) in [6.07, 6.45) is -0.378. The van der Waals surface area contributed by atoms with Gasteiger partial charge in [-0.25, -0.2) is 4.39 Å². The number of carbonyl (C=O) groups is 1. The zero-order valence-electron chi connectivity index (χ0n) is 13.7. The van der Waals surface area contributed by atoms with Crippen LogP contribution in [0, 0.1) is 5.82 Å². The molecule has 2 saturated heterocycles. The third-order valence-electron chi connectivity index (χ3n) is 4.33. The van der Waals surface area contributed by atoms with Crippen molar-refractivity contribution in [2.75, 3.05) is 45.9 Å². The van der Waals surface area contributed by atoms with E-state index in [1.54, 1.807) is 12.1 Å². The van der Waals surface area contributed by atoms with Crippen LogP contribution in [-0.2, 0) is 16.1 Å². The van der Waals surface area contributed by atoms with Gasteiger partial charge in [0.1, 0.15) is 11.9 Å². The Bertz CT molecular complexity index is 545. The van der Waals surface area contributed by atoms with Gasteiger partial charge >= 0.3 is 0 Å². The third-order valence-corrected chi connectivity index (χ3v) is 4.68. The summed E-state index contributed by atoms with van der Waals surface area (Å²) >= 11 is 6.07. The van der Waals surface area contributed by atoms with Crippen molar-refractivity contribution in [1.82, 2.24) is 15.1 Å².